The van der Waals surface area contributed by atoms with Crippen molar-refractivity contribution in [3.05, 3.63) is 11.8 Å². The number of hydrogen-bond acceptors (Lipinski definition) is 5. The first-order valence-corrected chi connectivity index (χ1v) is 4.73. The molecule has 1 aromatic heterocycles. The lowest BCUT2D eigenvalue weighted by Gasteiger charge is -2.00. The van der Waals surface area contributed by atoms with Gasteiger partial charge in [-0.3, -0.25) is 4.79 Å². The summed E-state index contributed by atoms with van der Waals surface area (Å²) in [5.74, 6) is -0.624. The summed E-state index contributed by atoms with van der Waals surface area (Å²) in [5, 5.41) is 9.01. The van der Waals surface area contributed by atoms with Gasteiger partial charge in [-0.05, 0) is 6.26 Å². The van der Waals surface area contributed by atoms with E-state index in [2.05, 4.69) is 9.97 Å². The number of aliphatic carboxylic acids is 1. The van der Waals surface area contributed by atoms with Crippen LogP contribution in [-0.4, -0.2) is 27.3 Å². The van der Waals surface area contributed by atoms with Crippen molar-refractivity contribution in [2.45, 2.75) is 11.6 Å². The molecule has 0 amide bonds. The first-order chi connectivity index (χ1) is 6.11. The molecular weight excluding hydrogens is 190 g/mol. The van der Waals surface area contributed by atoms with E-state index in [9.17, 15) is 4.79 Å². The van der Waals surface area contributed by atoms with E-state index in [1.54, 1.807) is 6.26 Å². The summed E-state index contributed by atoms with van der Waals surface area (Å²) in [5.41, 5.74) is 5.89. The van der Waals surface area contributed by atoms with Crippen molar-refractivity contribution in [2.75, 3.05) is 12.0 Å². The van der Waals surface area contributed by atoms with Gasteiger partial charge in [-0.1, -0.05) is 11.8 Å². The molecule has 0 aromatic carbocycles. The van der Waals surface area contributed by atoms with Crippen molar-refractivity contribution in [2.24, 2.45) is 0 Å². The molecule has 0 atom stereocenters. The minimum atomic E-state index is -0.926. The van der Waals surface area contributed by atoms with Gasteiger partial charge < -0.3 is 10.8 Å². The molecule has 70 valence electrons. The molecule has 3 N–H and O–H groups in total. The third-order valence-corrected chi connectivity index (χ3v) is 1.84. The second-order valence-corrected chi connectivity index (χ2v) is 3.11. The van der Waals surface area contributed by atoms with Crippen molar-refractivity contribution in [1.82, 2.24) is 9.97 Å². The van der Waals surface area contributed by atoms with Gasteiger partial charge in [0.1, 0.15) is 5.82 Å². The molecule has 0 saturated heterocycles. The number of anilines is 1. The van der Waals surface area contributed by atoms with E-state index in [0.717, 1.165) is 0 Å². The van der Waals surface area contributed by atoms with Crippen LogP contribution < -0.4 is 5.73 Å². The van der Waals surface area contributed by atoms with Gasteiger partial charge >= 0.3 is 5.97 Å². The van der Waals surface area contributed by atoms with Crippen LogP contribution in [0.15, 0.2) is 11.2 Å². The van der Waals surface area contributed by atoms with Gasteiger partial charge in [-0.2, -0.15) is 0 Å². The predicted octanol–water partition coefficient (Wildman–Crippen LogP) is 0.408. The smallest absolute Gasteiger partial charge is 0.309 e. The number of aromatic nitrogens is 2. The van der Waals surface area contributed by atoms with Crippen LogP contribution in [-0.2, 0) is 11.2 Å². The Kier molecular flexibility index (Phi) is 3.07. The van der Waals surface area contributed by atoms with Crippen LogP contribution in [0.25, 0.3) is 0 Å². The summed E-state index contributed by atoms with van der Waals surface area (Å²) in [4.78, 5) is 18.3. The number of nitrogens with zero attached hydrogens (tertiary/aromatic N) is 2. The van der Waals surface area contributed by atoms with Crippen molar-refractivity contribution in [3.8, 4) is 0 Å². The Labute approximate surface area is 79.4 Å². The fourth-order valence-corrected chi connectivity index (χ4v) is 1.24. The molecule has 0 saturated carbocycles. The average molecular weight is 199 g/mol. The molecule has 0 aliphatic heterocycles. The van der Waals surface area contributed by atoms with Crippen LogP contribution in [0.3, 0.4) is 0 Å². The van der Waals surface area contributed by atoms with E-state index < -0.39 is 5.97 Å². The molecule has 0 radical (unpaired) electrons. The number of carboxylic acid groups (broad SMARTS) is 1. The van der Waals surface area contributed by atoms with Gasteiger partial charge in [0.25, 0.3) is 0 Å². The molecule has 0 bridgehead atoms. The highest BCUT2D eigenvalue weighted by Gasteiger charge is 2.05. The zero-order valence-electron chi connectivity index (χ0n) is 7.02. The van der Waals surface area contributed by atoms with Gasteiger partial charge in [0.2, 0.25) is 0 Å². The fraction of sp³-hybridized carbons (Fsp3) is 0.286. The zero-order chi connectivity index (χ0) is 9.84. The Morgan fingerprint density at radius 2 is 2.38 bits per heavy atom. The Hall–Kier alpha value is -1.30. The quantitative estimate of drug-likeness (QED) is 0.541. The van der Waals surface area contributed by atoms with Gasteiger partial charge in [0.15, 0.2) is 5.16 Å². The highest BCUT2D eigenvalue weighted by molar-refractivity contribution is 7.98. The standard InChI is InChI=1S/C7H9N3O2S/c1-13-7-9-4(3-6(11)12)2-5(8)10-7/h2H,3H2,1H3,(H,11,12)(H2,8,9,10). The van der Waals surface area contributed by atoms with Crippen molar-refractivity contribution < 1.29 is 9.90 Å². The Morgan fingerprint density at radius 1 is 1.69 bits per heavy atom. The molecule has 1 heterocycles. The van der Waals surface area contributed by atoms with Crippen LogP contribution in [0.5, 0.6) is 0 Å². The van der Waals surface area contributed by atoms with Gasteiger partial charge in [0.05, 0.1) is 12.1 Å². The van der Waals surface area contributed by atoms with Gasteiger partial charge in [-0.25, -0.2) is 9.97 Å². The second kappa shape index (κ2) is 4.08. The number of rotatable bonds is 3. The zero-order valence-corrected chi connectivity index (χ0v) is 7.84. The molecule has 0 aliphatic rings. The lowest BCUT2D eigenvalue weighted by Crippen LogP contribution is -2.05. The molecule has 0 fully saturated rings. The maximum atomic E-state index is 10.4. The Bertz CT molecular complexity index is 330. The summed E-state index contributed by atoms with van der Waals surface area (Å²) in [7, 11) is 0. The largest absolute Gasteiger partial charge is 0.481 e. The lowest BCUT2D eigenvalue weighted by molar-refractivity contribution is -0.136. The first-order valence-electron chi connectivity index (χ1n) is 3.51. The topological polar surface area (TPSA) is 89.1 Å². The maximum Gasteiger partial charge on any atom is 0.309 e. The number of nitrogens with two attached hydrogens (primary N) is 1. The normalized spacial score (nSPS) is 9.92. The van der Waals surface area contributed by atoms with Crippen LogP contribution in [0, 0.1) is 0 Å². The van der Waals surface area contributed by atoms with Crippen molar-refractivity contribution in [3.63, 3.8) is 0 Å². The summed E-state index contributed by atoms with van der Waals surface area (Å²) < 4.78 is 0. The molecule has 0 unspecified atom stereocenters. The van der Waals surface area contributed by atoms with Crippen LogP contribution >= 0.6 is 11.8 Å². The lowest BCUT2D eigenvalue weighted by atomic mass is 10.3. The number of carboxylic acids is 1. The van der Waals surface area contributed by atoms with Gasteiger partial charge in [-0.15, -0.1) is 0 Å². The molecular formula is C7H9N3O2S. The van der Waals surface area contributed by atoms with Crippen molar-refractivity contribution >= 4 is 23.5 Å². The summed E-state index contributed by atoms with van der Waals surface area (Å²) in [6.07, 6.45) is 1.68. The van der Waals surface area contributed by atoms with E-state index in [0.29, 0.717) is 16.7 Å². The molecule has 5 nitrogen and oxygen atoms in total. The molecule has 1 aromatic rings. The number of nitrogen functional groups attached to an aromatic ring is 1. The third kappa shape index (κ3) is 2.90. The third-order valence-electron chi connectivity index (χ3n) is 1.29. The second-order valence-electron chi connectivity index (χ2n) is 2.34. The molecule has 13 heavy (non-hydrogen) atoms. The molecule has 0 spiro atoms. The van der Waals surface area contributed by atoms with Crippen LogP contribution in [0.4, 0.5) is 5.82 Å². The predicted molar refractivity (Wildman–Crippen MR) is 49.6 cm³/mol. The summed E-state index contributed by atoms with van der Waals surface area (Å²) >= 11 is 1.33. The monoisotopic (exact) mass is 199 g/mol. The van der Waals surface area contributed by atoms with E-state index in [1.165, 1.54) is 17.8 Å². The average Bonchev–Trinajstić information content (AvgIpc) is 2.01. The number of thioether (sulfide) groups is 1. The van der Waals surface area contributed by atoms with Crippen LogP contribution in [0.1, 0.15) is 5.69 Å². The minimum Gasteiger partial charge on any atom is -0.481 e. The maximum absolute atomic E-state index is 10.4. The van der Waals surface area contributed by atoms with E-state index >= 15 is 0 Å². The Morgan fingerprint density at radius 3 is 2.92 bits per heavy atom. The van der Waals surface area contributed by atoms with E-state index in [4.69, 9.17) is 10.8 Å². The molecule has 0 aliphatic carbocycles. The van der Waals surface area contributed by atoms with Gasteiger partial charge in [0, 0.05) is 6.07 Å². The van der Waals surface area contributed by atoms with E-state index in [-0.39, 0.29) is 6.42 Å². The molecule has 1 rings (SSSR count). The number of carbonyl (C=O) groups is 1. The highest BCUT2D eigenvalue weighted by atomic mass is 32.2. The summed E-state index contributed by atoms with van der Waals surface area (Å²) in [6.45, 7) is 0. The van der Waals surface area contributed by atoms with E-state index in [1.807, 2.05) is 0 Å². The fourth-order valence-electron chi connectivity index (χ4n) is 0.830. The summed E-state index contributed by atoms with van der Waals surface area (Å²) in [6, 6.07) is 1.47. The Balaban J connectivity index is 2.94. The SMILES string of the molecule is CSc1nc(N)cc(CC(=O)O)n1. The van der Waals surface area contributed by atoms with Crippen molar-refractivity contribution in [1.29, 1.82) is 0 Å². The number of hydrogen-bond donors (Lipinski definition) is 2. The molecule has 6 heteroatoms. The highest BCUT2D eigenvalue weighted by Crippen LogP contribution is 2.12. The minimum absolute atomic E-state index is 0.125. The first kappa shape index (κ1) is 9.79. The van der Waals surface area contributed by atoms with Crippen LogP contribution in [0.2, 0.25) is 0 Å².